The summed E-state index contributed by atoms with van der Waals surface area (Å²) in [4.78, 5) is 0. The first-order valence-corrected chi connectivity index (χ1v) is 49.5. The van der Waals surface area contributed by atoms with E-state index in [1.54, 1.807) is 47.5 Å². The number of hydrogen-bond acceptors (Lipinski definition) is 1. The van der Waals surface area contributed by atoms with Crippen LogP contribution in [0, 0.1) is 0 Å². The molecule has 0 heterocycles. The van der Waals surface area contributed by atoms with Crippen molar-refractivity contribution >= 4 is 90.4 Å². The second-order valence-corrected chi connectivity index (χ2v) is 50.3. The maximum absolute atomic E-state index is 3.44. The van der Waals surface area contributed by atoms with Crippen molar-refractivity contribution in [2.24, 2.45) is 0 Å². The molecule has 6 rings (SSSR count). The summed E-state index contributed by atoms with van der Waals surface area (Å²) in [6, 6.07) is 73.0. The Balaban J connectivity index is 1.82. The zero-order valence-electron chi connectivity index (χ0n) is 57.2. The smallest absolute Gasteiger partial charge is 0.0867 e. The zero-order valence-corrected chi connectivity index (χ0v) is 63.0. The van der Waals surface area contributed by atoms with Crippen molar-refractivity contribution in [1.29, 1.82) is 0 Å². The lowest BCUT2D eigenvalue weighted by Gasteiger charge is -2.47. The van der Waals surface area contributed by atoms with Gasteiger partial charge in [0.15, 0.2) is 0 Å². The Kier molecular flexibility index (Phi) is 32.0. The molecule has 1 aliphatic rings. The van der Waals surface area contributed by atoms with Gasteiger partial charge in [0.05, 0.1) is 32.3 Å². The largest absolute Gasteiger partial charge is 0.242 e. The summed E-state index contributed by atoms with van der Waals surface area (Å²) in [5.74, 6) is 0.618. The number of hydrogen-bond donors (Lipinski definition) is 0. The van der Waals surface area contributed by atoms with Crippen molar-refractivity contribution in [3.63, 3.8) is 0 Å². The molecule has 0 aliphatic heterocycles. The molecule has 0 unspecified atom stereocenters. The van der Waals surface area contributed by atoms with Crippen molar-refractivity contribution in [1.82, 2.24) is 4.44 Å². The lowest BCUT2D eigenvalue weighted by Crippen LogP contribution is -2.50. The molecule has 0 radical (unpaired) electrons. The highest BCUT2D eigenvalue weighted by molar-refractivity contribution is 7.84. The van der Waals surface area contributed by atoms with E-state index in [0.29, 0.717) is 12.0 Å². The molecular weight excluding hydrogens is 1130 g/mol. The van der Waals surface area contributed by atoms with E-state index in [1.807, 2.05) is 0 Å². The first-order valence-electron chi connectivity index (χ1n) is 36.4. The van der Waals surface area contributed by atoms with Crippen LogP contribution in [-0.4, -0.2) is 42.8 Å². The number of nitrogens with zero attached hydrogens (tertiary/aromatic N) is 1. The lowest BCUT2D eigenvalue weighted by molar-refractivity contribution is 0.326. The van der Waals surface area contributed by atoms with Crippen LogP contribution in [0.25, 0.3) is 0 Å². The van der Waals surface area contributed by atoms with Crippen LogP contribution in [0.4, 0.5) is 0 Å². The number of rotatable bonds is 42. The van der Waals surface area contributed by atoms with Crippen LogP contribution < -0.4 is 42.0 Å². The third kappa shape index (κ3) is 18.9. The average molecular weight is 1250 g/mol. The highest BCUT2D eigenvalue weighted by Crippen LogP contribution is 2.59. The molecule has 0 amide bonds. The molecular formula is C78H127NP2Si4. The van der Waals surface area contributed by atoms with E-state index < -0.39 is 48.4 Å². The van der Waals surface area contributed by atoms with Gasteiger partial charge < -0.3 is 0 Å². The molecule has 0 bridgehead atoms. The summed E-state index contributed by atoms with van der Waals surface area (Å²) < 4.78 is 3.44. The van der Waals surface area contributed by atoms with Gasteiger partial charge in [0.25, 0.3) is 0 Å². The summed E-state index contributed by atoms with van der Waals surface area (Å²) in [6.45, 7) is 29.7. The third-order valence-electron chi connectivity index (χ3n) is 20.9. The summed E-state index contributed by atoms with van der Waals surface area (Å²) in [6.07, 6.45) is 28.8. The van der Waals surface area contributed by atoms with E-state index in [2.05, 4.69) is 215 Å². The molecule has 1 aliphatic carbocycles. The monoisotopic (exact) mass is 1250 g/mol. The van der Waals surface area contributed by atoms with Crippen LogP contribution in [0.2, 0.25) is 72.5 Å². The second-order valence-electron chi connectivity index (χ2n) is 27.3. The normalized spacial score (nSPS) is 15.4. The van der Waals surface area contributed by atoms with E-state index in [9.17, 15) is 0 Å². The third-order valence-corrected chi connectivity index (χ3v) is 49.3. The molecule has 470 valence electrons. The molecule has 0 spiro atoms. The summed E-state index contributed by atoms with van der Waals surface area (Å²) in [5, 5.41) is 13.8. The molecule has 1 saturated carbocycles. The lowest BCUT2D eigenvalue weighted by atomic mass is 9.82. The second kappa shape index (κ2) is 37.8. The van der Waals surface area contributed by atoms with Gasteiger partial charge in [-0.3, -0.25) is 0 Å². The van der Waals surface area contributed by atoms with Crippen molar-refractivity contribution in [3.05, 3.63) is 133 Å². The molecule has 1 nitrogen and oxygen atoms in total. The van der Waals surface area contributed by atoms with Gasteiger partial charge in [-0.1, -0.05) is 419 Å². The standard InChI is InChI=1S/C78H127NP2Si4/c1-13-25-58-84(59-26-14-2,60-27-15-3)77-46-36-42-73(66-77)81(74-43-37-47-78(67-74)85(61-28-16-4,62-29-17-5)63-30-18-6)79(70-50-48-69(49-51-70)68-38-32-31-33-39-68)80(71-40-34-44-75(64-71)82(52-19-7,53-20-8)54-21-9)72-41-35-45-76(65-72)83(55-22-10,56-23-11)57-24-12/h31-47,64-67,69-70H,13-30,48-63H2,1-12H3. The fourth-order valence-electron chi connectivity index (χ4n) is 16.6. The fraction of sp³-hybridized carbons (Fsp3) is 0.615. The van der Waals surface area contributed by atoms with Crippen molar-refractivity contribution in [2.45, 2.75) is 309 Å². The highest BCUT2D eigenvalue weighted by Gasteiger charge is 2.43. The molecule has 1 fully saturated rings. The molecule has 7 heteroatoms. The minimum atomic E-state index is -1.87. The first kappa shape index (κ1) is 71.9. The van der Waals surface area contributed by atoms with Crippen LogP contribution in [0.1, 0.15) is 236 Å². The van der Waals surface area contributed by atoms with Gasteiger partial charge in [0, 0.05) is 22.2 Å². The Bertz CT molecular complexity index is 2390. The number of unbranched alkanes of at least 4 members (excludes halogenated alkanes) is 6. The fourth-order valence-corrected chi connectivity index (χ4v) is 45.7. The van der Waals surface area contributed by atoms with Crippen LogP contribution in [0.15, 0.2) is 127 Å². The maximum atomic E-state index is 3.44. The quantitative estimate of drug-likeness (QED) is 0.0278. The predicted octanol–water partition coefficient (Wildman–Crippen LogP) is 22.0. The zero-order chi connectivity index (χ0) is 61.0. The Morgan fingerprint density at radius 2 is 0.553 bits per heavy atom. The molecule has 0 aromatic heterocycles. The van der Waals surface area contributed by atoms with E-state index >= 15 is 0 Å². The minimum Gasteiger partial charge on any atom is -0.242 e. The van der Waals surface area contributed by atoms with Gasteiger partial charge in [-0.25, -0.2) is 4.44 Å². The van der Waals surface area contributed by atoms with E-state index in [0.717, 1.165) is 0 Å². The number of benzene rings is 5. The van der Waals surface area contributed by atoms with Crippen molar-refractivity contribution in [2.75, 3.05) is 0 Å². The van der Waals surface area contributed by atoms with Gasteiger partial charge in [0.2, 0.25) is 0 Å². The molecule has 5 aromatic carbocycles. The van der Waals surface area contributed by atoms with E-state index in [1.165, 1.54) is 214 Å². The van der Waals surface area contributed by atoms with E-state index in [4.69, 9.17) is 0 Å². The summed E-state index contributed by atoms with van der Waals surface area (Å²) in [7, 11) is -9.31. The Morgan fingerprint density at radius 3 is 0.800 bits per heavy atom. The van der Waals surface area contributed by atoms with Gasteiger partial charge >= 0.3 is 0 Å². The van der Waals surface area contributed by atoms with Crippen LogP contribution in [0.5, 0.6) is 0 Å². The minimum absolute atomic E-state index is 0.467. The van der Waals surface area contributed by atoms with Gasteiger partial charge in [-0.05, 0) is 58.4 Å². The van der Waals surface area contributed by atoms with Crippen LogP contribution >= 0.6 is 16.1 Å². The molecule has 0 N–H and O–H groups in total. The van der Waals surface area contributed by atoms with Gasteiger partial charge in [-0.2, -0.15) is 0 Å². The molecule has 0 atom stereocenters. The SMILES string of the molecule is CCCC[Si](CCCC)(CCCC)c1cccc(P(c2cccc([Si](CCCC)(CCCC)CCCC)c2)N(C2CCC(c3ccccc3)CC2)P(c2cccc([Si](CCC)(CCC)CCC)c2)c2cccc([Si](CCC)(CCC)CCC)c2)c1. The Labute approximate surface area is 533 Å². The topological polar surface area (TPSA) is 3.24 Å². The summed E-state index contributed by atoms with van der Waals surface area (Å²) in [5.41, 5.74) is 1.56. The first-order chi connectivity index (χ1) is 41.5. The van der Waals surface area contributed by atoms with E-state index in [-0.39, 0.29) is 0 Å². The molecule has 85 heavy (non-hydrogen) atoms. The Hall–Kier alpha value is -2.21. The van der Waals surface area contributed by atoms with Crippen LogP contribution in [-0.2, 0) is 0 Å². The predicted molar refractivity (Wildman–Crippen MR) is 402 cm³/mol. The van der Waals surface area contributed by atoms with Crippen molar-refractivity contribution < 1.29 is 0 Å². The van der Waals surface area contributed by atoms with Gasteiger partial charge in [-0.15, -0.1) is 0 Å². The van der Waals surface area contributed by atoms with Crippen molar-refractivity contribution in [3.8, 4) is 0 Å². The maximum Gasteiger partial charge on any atom is 0.0867 e. The average Bonchev–Trinajstić information content (AvgIpc) is 3.72. The Morgan fingerprint density at radius 1 is 0.294 bits per heavy atom. The van der Waals surface area contributed by atoms with Crippen LogP contribution in [0.3, 0.4) is 0 Å². The van der Waals surface area contributed by atoms with Gasteiger partial charge in [0.1, 0.15) is 0 Å². The molecule has 0 saturated heterocycles. The summed E-state index contributed by atoms with van der Waals surface area (Å²) >= 11 is 0. The highest BCUT2D eigenvalue weighted by atomic mass is 31.2. The molecule has 5 aromatic rings.